The number of amides is 1. The number of alkyl halides is 2. The van der Waals surface area contributed by atoms with Gasteiger partial charge in [-0.3, -0.25) is 4.79 Å². The summed E-state index contributed by atoms with van der Waals surface area (Å²) < 4.78 is 36.8. The highest BCUT2D eigenvalue weighted by Gasteiger charge is 2.33. The number of carbonyl (C=O) groups is 1. The number of fused-ring (bicyclic) bond motifs is 1. The zero-order valence-corrected chi connectivity index (χ0v) is 14.7. The molecule has 0 unspecified atom stereocenters. The van der Waals surface area contributed by atoms with Gasteiger partial charge in [-0.05, 0) is 39.0 Å². The third-order valence-electron chi connectivity index (χ3n) is 3.78. The Bertz CT molecular complexity index is 840. The molecule has 0 fully saturated rings. The van der Waals surface area contributed by atoms with Crippen molar-refractivity contribution < 1.29 is 23.0 Å². The van der Waals surface area contributed by atoms with Gasteiger partial charge in [0.15, 0.2) is 0 Å². The topological polar surface area (TPSA) is 73.3 Å². The van der Waals surface area contributed by atoms with E-state index in [4.69, 9.17) is 9.47 Å². The van der Waals surface area contributed by atoms with Crippen molar-refractivity contribution in [3.05, 3.63) is 41.1 Å². The van der Waals surface area contributed by atoms with Crippen LogP contribution in [0, 0.1) is 0 Å². The summed E-state index contributed by atoms with van der Waals surface area (Å²) in [7, 11) is 0. The van der Waals surface area contributed by atoms with Crippen LogP contribution < -0.4 is 14.8 Å². The summed E-state index contributed by atoms with van der Waals surface area (Å²) >= 11 is 0. The first-order valence-corrected chi connectivity index (χ1v) is 8.21. The molecule has 2 aromatic rings. The maximum Gasteiger partial charge on any atom is 0.280 e. The Morgan fingerprint density at radius 1 is 1.38 bits per heavy atom. The Hall–Kier alpha value is -2.77. The molecule has 3 rings (SSSR count). The highest BCUT2D eigenvalue weighted by molar-refractivity contribution is 6.05. The molecular formula is C18H19F2N3O3. The van der Waals surface area contributed by atoms with E-state index in [9.17, 15) is 13.6 Å². The van der Waals surface area contributed by atoms with Gasteiger partial charge >= 0.3 is 0 Å². The highest BCUT2D eigenvalue weighted by atomic mass is 19.3. The zero-order valence-electron chi connectivity index (χ0n) is 14.7. The molecule has 138 valence electrons. The van der Waals surface area contributed by atoms with Crippen molar-refractivity contribution >= 4 is 11.7 Å². The summed E-state index contributed by atoms with van der Waals surface area (Å²) in [6.07, 6.45) is -2.12. The van der Waals surface area contributed by atoms with Crippen LogP contribution in [0.1, 0.15) is 48.8 Å². The highest BCUT2D eigenvalue weighted by Crippen LogP contribution is 2.36. The molecule has 1 aliphatic heterocycles. The number of halogens is 2. The first kappa shape index (κ1) is 18.0. The maximum atomic E-state index is 12.8. The van der Waals surface area contributed by atoms with Crippen molar-refractivity contribution in [1.29, 1.82) is 0 Å². The number of nitrogens with one attached hydrogen (secondary N) is 1. The van der Waals surface area contributed by atoms with Crippen molar-refractivity contribution in [2.45, 2.75) is 39.2 Å². The van der Waals surface area contributed by atoms with Crippen molar-refractivity contribution in [2.24, 2.45) is 0 Å². The van der Waals surface area contributed by atoms with Gasteiger partial charge in [0.05, 0.1) is 6.61 Å². The predicted octanol–water partition coefficient (Wildman–Crippen LogP) is 3.78. The number of carbonyl (C=O) groups excluding carboxylic acids is 1. The van der Waals surface area contributed by atoms with E-state index >= 15 is 0 Å². The normalized spacial score (nSPS) is 14.7. The number of pyridine rings is 2. The van der Waals surface area contributed by atoms with Gasteiger partial charge in [-0.15, -0.1) is 0 Å². The minimum absolute atomic E-state index is 0.0346. The molecule has 0 bridgehead atoms. The van der Waals surface area contributed by atoms with Gasteiger partial charge in [0.2, 0.25) is 11.8 Å². The van der Waals surface area contributed by atoms with Crippen molar-refractivity contribution in [1.82, 2.24) is 9.97 Å². The number of anilines is 1. The minimum Gasteiger partial charge on any atom is -0.477 e. The summed E-state index contributed by atoms with van der Waals surface area (Å²) in [5, 5.41) is 2.52. The zero-order chi connectivity index (χ0) is 18.9. The van der Waals surface area contributed by atoms with Crippen molar-refractivity contribution in [3.63, 3.8) is 0 Å². The Kier molecular flexibility index (Phi) is 4.76. The summed E-state index contributed by atoms with van der Waals surface area (Å²) in [5.41, 5.74) is 0.172. The first-order chi connectivity index (χ1) is 12.3. The van der Waals surface area contributed by atoms with E-state index in [1.54, 1.807) is 13.0 Å². The average Bonchev–Trinajstić information content (AvgIpc) is 2.87. The Morgan fingerprint density at radius 3 is 2.85 bits per heavy atom. The largest absolute Gasteiger partial charge is 0.477 e. The summed E-state index contributed by atoms with van der Waals surface area (Å²) in [4.78, 5) is 20.7. The fourth-order valence-electron chi connectivity index (χ4n) is 2.73. The minimum atomic E-state index is -2.72. The SMILES string of the molecule is CCOc1nc2c(cc1C(=O)Nc1cccc(C(F)F)n1)CC(C)(C)O2. The average molecular weight is 363 g/mol. The van der Waals surface area contributed by atoms with Crippen LogP contribution in [0.3, 0.4) is 0 Å². The lowest BCUT2D eigenvalue weighted by Gasteiger charge is -2.16. The van der Waals surface area contributed by atoms with Crippen LogP contribution in [0.5, 0.6) is 11.8 Å². The molecule has 2 aromatic heterocycles. The number of rotatable bonds is 5. The van der Waals surface area contributed by atoms with Gasteiger partial charge in [-0.2, -0.15) is 4.98 Å². The fraction of sp³-hybridized carbons (Fsp3) is 0.389. The van der Waals surface area contributed by atoms with Crippen LogP contribution in [0.4, 0.5) is 14.6 Å². The van der Waals surface area contributed by atoms with Gasteiger partial charge in [-0.1, -0.05) is 6.07 Å². The molecule has 0 atom stereocenters. The van der Waals surface area contributed by atoms with E-state index in [0.717, 1.165) is 5.56 Å². The van der Waals surface area contributed by atoms with E-state index in [1.165, 1.54) is 18.2 Å². The number of hydrogen-bond acceptors (Lipinski definition) is 5. The van der Waals surface area contributed by atoms with Gasteiger partial charge in [0.25, 0.3) is 12.3 Å². The van der Waals surface area contributed by atoms with E-state index in [0.29, 0.717) is 18.9 Å². The lowest BCUT2D eigenvalue weighted by atomic mass is 10.0. The molecule has 0 saturated carbocycles. The van der Waals surface area contributed by atoms with Crippen LogP contribution in [0.25, 0.3) is 0 Å². The lowest BCUT2D eigenvalue weighted by molar-refractivity contribution is 0.102. The van der Waals surface area contributed by atoms with Crippen LogP contribution in [0.15, 0.2) is 24.3 Å². The molecular weight excluding hydrogens is 344 g/mol. The predicted molar refractivity (Wildman–Crippen MR) is 91.0 cm³/mol. The molecule has 3 heterocycles. The van der Waals surface area contributed by atoms with Gasteiger partial charge in [0.1, 0.15) is 22.7 Å². The van der Waals surface area contributed by atoms with Gasteiger partial charge in [0, 0.05) is 12.0 Å². The molecule has 6 nitrogen and oxygen atoms in total. The Morgan fingerprint density at radius 2 is 2.15 bits per heavy atom. The second kappa shape index (κ2) is 6.86. The van der Waals surface area contributed by atoms with Crippen LogP contribution in [0.2, 0.25) is 0 Å². The fourth-order valence-corrected chi connectivity index (χ4v) is 2.73. The van der Waals surface area contributed by atoms with E-state index < -0.39 is 23.6 Å². The molecule has 1 N–H and O–H groups in total. The van der Waals surface area contributed by atoms with E-state index in [1.807, 2.05) is 13.8 Å². The molecule has 26 heavy (non-hydrogen) atoms. The second-order valence-electron chi connectivity index (χ2n) is 6.48. The number of nitrogens with zero attached hydrogens (tertiary/aromatic N) is 2. The number of ether oxygens (including phenoxy) is 2. The molecule has 8 heteroatoms. The van der Waals surface area contributed by atoms with Crippen LogP contribution >= 0.6 is 0 Å². The molecule has 0 aromatic carbocycles. The van der Waals surface area contributed by atoms with Gasteiger partial charge < -0.3 is 14.8 Å². The molecule has 0 saturated heterocycles. The monoisotopic (exact) mass is 363 g/mol. The number of aromatic nitrogens is 2. The maximum absolute atomic E-state index is 12.8. The van der Waals surface area contributed by atoms with Crippen LogP contribution in [-0.2, 0) is 6.42 Å². The second-order valence-corrected chi connectivity index (χ2v) is 6.48. The Labute approximate surface area is 149 Å². The summed E-state index contributed by atoms with van der Waals surface area (Å²) in [6.45, 7) is 5.94. The van der Waals surface area contributed by atoms with Crippen molar-refractivity contribution in [2.75, 3.05) is 11.9 Å². The quantitative estimate of drug-likeness (QED) is 0.875. The smallest absolute Gasteiger partial charge is 0.280 e. The third kappa shape index (κ3) is 3.74. The third-order valence-corrected chi connectivity index (χ3v) is 3.78. The molecule has 0 aliphatic carbocycles. The molecule has 1 aliphatic rings. The molecule has 0 radical (unpaired) electrons. The van der Waals surface area contributed by atoms with Gasteiger partial charge in [-0.25, -0.2) is 13.8 Å². The standard InChI is InChI=1S/C18H19F2N3O3/c1-4-25-17-11(8-10-9-18(2,3)26-16(10)23-17)15(24)22-13-7-5-6-12(21-13)14(19)20/h5-8,14H,4,9H2,1-3H3,(H,21,22,24). The summed E-state index contributed by atoms with van der Waals surface area (Å²) in [5.74, 6) is 0.0685. The summed E-state index contributed by atoms with van der Waals surface area (Å²) in [6, 6.07) is 5.71. The molecule has 1 amide bonds. The first-order valence-electron chi connectivity index (χ1n) is 8.21. The van der Waals surface area contributed by atoms with Crippen molar-refractivity contribution in [3.8, 4) is 11.8 Å². The lowest BCUT2D eigenvalue weighted by Crippen LogP contribution is -2.24. The van der Waals surface area contributed by atoms with E-state index in [-0.39, 0.29) is 17.3 Å². The van der Waals surface area contributed by atoms with E-state index in [2.05, 4.69) is 15.3 Å². The Balaban J connectivity index is 1.90. The molecule has 0 spiro atoms. The van der Waals surface area contributed by atoms with Crippen LogP contribution in [-0.4, -0.2) is 28.1 Å². The number of hydrogen-bond donors (Lipinski definition) is 1.